The predicted molar refractivity (Wildman–Crippen MR) is 57.0 cm³/mol. The fourth-order valence-electron chi connectivity index (χ4n) is 1.24. The number of hydrogen-bond donors (Lipinski definition) is 0. The molecule has 13 heavy (non-hydrogen) atoms. The van der Waals surface area contributed by atoms with Crippen LogP contribution in [0.1, 0.15) is 6.92 Å². The van der Waals surface area contributed by atoms with Crippen LogP contribution in [-0.2, 0) is 12.6 Å². The minimum absolute atomic E-state index is 0.167. The molecule has 0 amide bonds. The molecular formula is C9H10N2S2. The topological polar surface area (TPSA) is 15.4 Å². The van der Waals surface area contributed by atoms with Crippen LogP contribution in [0.3, 0.4) is 0 Å². The van der Waals surface area contributed by atoms with Gasteiger partial charge in [-0.2, -0.15) is 0 Å². The van der Waals surface area contributed by atoms with Gasteiger partial charge in [-0.1, -0.05) is 22.9 Å². The third-order valence-electron chi connectivity index (χ3n) is 2.04. The number of benzene rings is 1. The zero-order valence-corrected chi connectivity index (χ0v) is 8.89. The van der Waals surface area contributed by atoms with Crippen molar-refractivity contribution in [3.05, 3.63) is 30.3 Å². The van der Waals surface area contributed by atoms with Crippen LogP contribution < -0.4 is 0 Å². The molecule has 0 aliphatic carbocycles. The third-order valence-corrected chi connectivity index (χ3v) is 3.56. The molecule has 0 bridgehead atoms. The van der Waals surface area contributed by atoms with Gasteiger partial charge >= 0.3 is 0 Å². The molecule has 0 saturated carbocycles. The molecular weight excluding hydrogens is 200 g/mol. The molecule has 1 heterocycles. The van der Waals surface area contributed by atoms with Gasteiger partial charge in [-0.05, 0) is 11.5 Å². The summed E-state index contributed by atoms with van der Waals surface area (Å²) < 4.78 is 6.47. The molecule has 68 valence electrons. The fourth-order valence-corrected chi connectivity index (χ4v) is 2.20. The van der Waals surface area contributed by atoms with Gasteiger partial charge in [0.1, 0.15) is 0 Å². The average molecular weight is 210 g/mol. The summed E-state index contributed by atoms with van der Waals surface area (Å²) in [6.07, 6.45) is 0. The van der Waals surface area contributed by atoms with Crippen LogP contribution in [0.25, 0.3) is 0 Å². The lowest BCUT2D eigenvalue weighted by Gasteiger charge is -2.12. The van der Waals surface area contributed by atoms with Crippen molar-refractivity contribution < 1.29 is 4.70 Å². The van der Waals surface area contributed by atoms with E-state index in [-0.39, 0.29) is 4.58 Å². The highest BCUT2D eigenvalue weighted by atomic mass is 32.2. The minimum atomic E-state index is 0.167. The Hall–Kier alpha value is -0.480. The SMILES string of the molecule is CC1C([S-])SN=[N+]1c1ccccc1. The fraction of sp³-hybridized carbons (Fsp3) is 0.333. The molecule has 1 aliphatic heterocycles. The third kappa shape index (κ3) is 1.74. The van der Waals surface area contributed by atoms with Gasteiger partial charge in [-0.25, -0.2) is 0 Å². The molecule has 1 aliphatic rings. The van der Waals surface area contributed by atoms with Crippen molar-refractivity contribution in [1.29, 1.82) is 0 Å². The van der Waals surface area contributed by atoms with E-state index in [0.717, 1.165) is 5.69 Å². The highest BCUT2D eigenvalue weighted by Gasteiger charge is 2.29. The van der Waals surface area contributed by atoms with E-state index in [1.807, 2.05) is 35.0 Å². The lowest BCUT2D eigenvalue weighted by atomic mass is 10.3. The van der Waals surface area contributed by atoms with Crippen molar-refractivity contribution in [3.63, 3.8) is 0 Å². The Kier molecular flexibility index (Phi) is 2.60. The quantitative estimate of drug-likeness (QED) is 0.402. The molecule has 4 heteroatoms. The largest absolute Gasteiger partial charge is 0.770 e. The van der Waals surface area contributed by atoms with Crippen LogP contribution in [-0.4, -0.2) is 15.3 Å². The zero-order chi connectivity index (χ0) is 9.26. The summed E-state index contributed by atoms with van der Waals surface area (Å²) in [5.74, 6) is 0. The molecule has 1 aromatic rings. The Bertz CT molecular complexity index is 324. The van der Waals surface area contributed by atoms with Crippen LogP contribution >= 0.6 is 11.9 Å². The molecule has 2 unspecified atom stereocenters. The molecule has 0 aromatic heterocycles. The molecule has 0 spiro atoms. The number of para-hydroxylation sites is 1. The van der Waals surface area contributed by atoms with E-state index in [2.05, 4.69) is 11.4 Å². The average Bonchev–Trinajstić information content (AvgIpc) is 2.49. The van der Waals surface area contributed by atoms with E-state index in [9.17, 15) is 0 Å². The first-order valence-corrected chi connectivity index (χ1v) is 5.47. The van der Waals surface area contributed by atoms with Crippen molar-refractivity contribution in [1.82, 2.24) is 0 Å². The summed E-state index contributed by atoms with van der Waals surface area (Å²) in [7, 11) is 0. The minimum Gasteiger partial charge on any atom is -0.770 e. The van der Waals surface area contributed by atoms with Gasteiger partial charge in [-0.3, -0.25) is 0 Å². The Labute approximate surface area is 87.6 Å². The van der Waals surface area contributed by atoms with Crippen LogP contribution in [0.15, 0.2) is 34.9 Å². The van der Waals surface area contributed by atoms with E-state index in [1.54, 1.807) is 0 Å². The smallest absolute Gasteiger partial charge is 0.232 e. The van der Waals surface area contributed by atoms with Crippen LogP contribution in [0.2, 0.25) is 0 Å². The molecule has 0 N–H and O–H groups in total. The first-order chi connectivity index (χ1) is 6.29. The molecule has 1 aromatic carbocycles. The van der Waals surface area contributed by atoms with E-state index in [1.165, 1.54) is 11.9 Å². The molecule has 0 fully saturated rings. The second-order valence-electron chi connectivity index (χ2n) is 2.98. The maximum Gasteiger partial charge on any atom is 0.232 e. The van der Waals surface area contributed by atoms with Gasteiger partial charge in [0, 0.05) is 28.6 Å². The lowest BCUT2D eigenvalue weighted by Crippen LogP contribution is -2.21. The first kappa shape index (κ1) is 9.09. The van der Waals surface area contributed by atoms with Gasteiger partial charge in [0.25, 0.3) is 0 Å². The normalized spacial score (nSPS) is 27.4. The maximum absolute atomic E-state index is 5.23. The van der Waals surface area contributed by atoms with E-state index >= 15 is 0 Å². The highest BCUT2D eigenvalue weighted by molar-refractivity contribution is 8.05. The number of hydrogen-bond acceptors (Lipinski definition) is 3. The van der Waals surface area contributed by atoms with E-state index in [0.29, 0.717) is 6.04 Å². The summed E-state index contributed by atoms with van der Waals surface area (Å²) in [5, 5.41) is 0. The van der Waals surface area contributed by atoms with Crippen molar-refractivity contribution in [2.45, 2.75) is 17.5 Å². The molecule has 0 saturated heterocycles. The summed E-state index contributed by atoms with van der Waals surface area (Å²) in [4.78, 5) is 0. The van der Waals surface area contributed by atoms with Gasteiger partial charge in [0.2, 0.25) is 5.69 Å². The van der Waals surface area contributed by atoms with Gasteiger partial charge < -0.3 is 12.6 Å². The van der Waals surface area contributed by atoms with Crippen molar-refractivity contribution in [2.24, 2.45) is 4.52 Å². The monoisotopic (exact) mass is 210 g/mol. The Balaban J connectivity index is 2.29. The van der Waals surface area contributed by atoms with Gasteiger partial charge in [-0.15, -0.1) is 0 Å². The number of rotatable bonds is 1. The standard InChI is InChI=1S/C9H10N2S2/c1-7-9(12)13-10-11(7)8-5-3-2-4-6-8/h2-7,9H,1H3. The molecule has 2 atom stereocenters. The van der Waals surface area contributed by atoms with Crippen molar-refractivity contribution >= 4 is 30.3 Å². The summed E-state index contributed by atoms with van der Waals surface area (Å²) in [6, 6.07) is 10.4. The van der Waals surface area contributed by atoms with E-state index < -0.39 is 0 Å². The van der Waals surface area contributed by atoms with Gasteiger partial charge in [0.15, 0.2) is 6.04 Å². The van der Waals surface area contributed by atoms with Gasteiger partial charge in [0.05, 0.1) is 0 Å². The molecule has 0 radical (unpaired) electrons. The highest BCUT2D eigenvalue weighted by Crippen LogP contribution is 2.30. The van der Waals surface area contributed by atoms with Crippen LogP contribution in [0.4, 0.5) is 5.69 Å². The molecule has 2 rings (SSSR count). The lowest BCUT2D eigenvalue weighted by molar-refractivity contribution is -0.529. The maximum atomic E-state index is 5.23. The Morgan fingerprint density at radius 3 is 2.62 bits per heavy atom. The molecule has 2 nitrogen and oxygen atoms in total. The van der Waals surface area contributed by atoms with Crippen LogP contribution in [0, 0.1) is 0 Å². The summed E-state index contributed by atoms with van der Waals surface area (Å²) in [6.45, 7) is 2.11. The summed E-state index contributed by atoms with van der Waals surface area (Å²) in [5.41, 5.74) is 1.12. The van der Waals surface area contributed by atoms with Crippen molar-refractivity contribution in [2.75, 3.05) is 0 Å². The zero-order valence-electron chi connectivity index (χ0n) is 7.25. The van der Waals surface area contributed by atoms with E-state index in [4.69, 9.17) is 12.6 Å². The Morgan fingerprint density at radius 1 is 1.38 bits per heavy atom. The second kappa shape index (κ2) is 3.72. The second-order valence-corrected chi connectivity index (χ2v) is 4.66. The van der Waals surface area contributed by atoms with Crippen LogP contribution in [0.5, 0.6) is 0 Å². The number of nitrogens with zero attached hydrogens (tertiary/aromatic N) is 2. The predicted octanol–water partition coefficient (Wildman–Crippen LogP) is 2.71. The first-order valence-electron chi connectivity index (χ1n) is 4.16. The Morgan fingerprint density at radius 2 is 2.08 bits per heavy atom. The summed E-state index contributed by atoms with van der Waals surface area (Å²) >= 11 is 6.70. The van der Waals surface area contributed by atoms with Crippen molar-refractivity contribution in [3.8, 4) is 0 Å².